The zero-order valence-corrected chi connectivity index (χ0v) is 9.66. The summed E-state index contributed by atoms with van der Waals surface area (Å²) in [6.45, 7) is 4.55. The lowest BCUT2D eigenvalue weighted by molar-refractivity contribution is 0.855. The summed E-state index contributed by atoms with van der Waals surface area (Å²) < 4.78 is 1.78. The molecule has 0 aromatic heterocycles. The van der Waals surface area contributed by atoms with Crippen molar-refractivity contribution in [2.24, 2.45) is 0 Å². The summed E-state index contributed by atoms with van der Waals surface area (Å²) in [7, 11) is 4.19. The second kappa shape index (κ2) is 5.65. The molecule has 0 amide bonds. The highest BCUT2D eigenvalue weighted by atomic mass is 33.1. The van der Waals surface area contributed by atoms with Crippen LogP contribution in [0.1, 0.15) is 39.5 Å². The van der Waals surface area contributed by atoms with Crippen LogP contribution in [0.25, 0.3) is 0 Å². The normalized spacial score (nSPS) is 31.1. The van der Waals surface area contributed by atoms with Crippen LogP contribution in [-0.4, -0.2) is 9.16 Å². The number of hydrogen-bond acceptors (Lipinski definition) is 3. The first-order valence-electron chi connectivity index (χ1n) is 4.34. The van der Waals surface area contributed by atoms with Crippen molar-refractivity contribution >= 4 is 33.3 Å². The molecule has 0 N–H and O–H groups in total. The van der Waals surface area contributed by atoms with Gasteiger partial charge in [-0.1, -0.05) is 48.3 Å². The van der Waals surface area contributed by atoms with Gasteiger partial charge >= 0.3 is 0 Å². The van der Waals surface area contributed by atoms with E-state index in [9.17, 15) is 0 Å². The van der Waals surface area contributed by atoms with Gasteiger partial charge < -0.3 is 0 Å². The lowest BCUT2D eigenvalue weighted by atomic mass is 10.4. The van der Waals surface area contributed by atoms with Crippen molar-refractivity contribution in [3.63, 3.8) is 0 Å². The average molecular weight is 208 g/mol. The minimum absolute atomic E-state index is 0.890. The van der Waals surface area contributed by atoms with E-state index in [2.05, 4.69) is 47.2 Å². The Morgan fingerprint density at radius 2 is 1.36 bits per heavy atom. The lowest BCUT2D eigenvalue weighted by Crippen LogP contribution is -1.94. The lowest BCUT2D eigenvalue weighted by Gasteiger charge is -2.05. The predicted octanol–water partition coefficient (Wildman–Crippen LogP) is 4.37. The van der Waals surface area contributed by atoms with Gasteiger partial charge in [0, 0.05) is 0 Å². The Morgan fingerprint density at radius 1 is 0.909 bits per heavy atom. The third-order valence-electron chi connectivity index (χ3n) is 1.62. The Hall–Kier alpha value is 1.05. The van der Waals surface area contributed by atoms with E-state index >= 15 is 0 Å². The van der Waals surface area contributed by atoms with E-state index < -0.39 is 0 Å². The Kier molecular flexibility index (Phi) is 5.21. The second-order valence-electron chi connectivity index (χ2n) is 2.76. The van der Waals surface area contributed by atoms with Crippen molar-refractivity contribution in [1.82, 2.24) is 0 Å². The molecule has 0 nitrogen and oxygen atoms in total. The van der Waals surface area contributed by atoms with Gasteiger partial charge in [0.25, 0.3) is 0 Å². The molecule has 1 saturated heterocycles. The van der Waals surface area contributed by atoms with E-state index in [1.54, 1.807) is 0 Å². The molecule has 0 aliphatic carbocycles. The van der Waals surface area contributed by atoms with Crippen LogP contribution in [0.3, 0.4) is 0 Å². The van der Waals surface area contributed by atoms with E-state index in [-0.39, 0.29) is 0 Å². The van der Waals surface area contributed by atoms with Crippen LogP contribution in [0.4, 0.5) is 0 Å². The van der Waals surface area contributed by atoms with Crippen LogP contribution in [0.5, 0.6) is 0 Å². The molecule has 1 heterocycles. The smallest absolute Gasteiger partial charge is 0.0617 e. The molecule has 0 aromatic rings. The fraction of sp³-hybridized carbons (Fsp3) is 1.00. The van der Waals surface area contributed by atoms with Crippen LogP contribution < -0.4 is 0 Å². The van der Waals surface area contributed by atoms with E-state index in [4.69, 9.17) is 0 Å². The maximum absolute atomic E-state index is 2.28. The van der Waals surface area contributed by atoms with Gasteiger partial charge in [-0.2, -0.15) is 0 Å². The quantitative estimate of drug-likeness (QED) is 0.630. The van der Waals surface area contributed by atoms with E-state index in [0.717, 1.165) is 9.16 Å². The topological polar surface area (TPSA) is 0 Å². The highest BCUT2D eigenvalue weighted by Crippen LogP contribution is 2.53. The molecule has 66 valence electrons. The van der Waals surface area contributed by atoms with Gasteiger partial charge in [0.2, 0.25) is 0 Å². The van der Waals surface area contributed by atoms with Crippen molar-refractivity contribution in [1.29, 1.82) is 0 Å². The summed E-state index contributed by atoms with van der Waals surface area (Å²) in [5.41, 5.74) is 0. The van der Waals surface area contributed by atoms with Crippen LogP contribution >= 0.6 is 33.3 Å². The largest absolute Gasteiger partial charge is 0.131 e. The molecule has 1 fully saturated rings. The third-order valence-corrected chi connectivity index (χ3v) is 7.41. The Morgan fingerprint density at radius 3 is 1.73 bits per heavy atom. The van der Waals surface area contributed by atoms with Crippen LogP contribution in [0.15, 0.2) is 0 Å². The molecule has 0 radical (unpaired) electrons. The van der Waals surface area contributed by atoms with Crippen molar-refractivity contribution in [3.05, 3.63) is 0 Å². The highest BCUT2D eigenvalue weighted by Gasteiger charge is 2.25. The molecule has 0 spiro atoms. The van der Waals surface area contributed by atoms with Crippen LogP contribution in [0, 0.1) is 0 Å². The molecule has 0 aromatic carbocycles. The second-order valence-corrected chi connectivity index (χ2v) is 7.45. The zero-order chi connectivity index (χ0) is 8.10. The molecular formula is C8H16S3. The van der Waals surface area contributed by atoms with Gasteiger partial charge in [-0.3, -0.25) is 0 Å². The van der Waals surface area contributed by atoms with Gasteiger partial charge in [0.05, 0.1) is 9.16 Å². The van der Waals surface area contributed by atoms with Crippen LogP contribution in [-0.2, 0) is 0 Å². The molecule has 0 saturated carbocycles. The number of hydrogen-bond donors (Lipinski definition) is 0. The van der Waals surface area contributed by atoms with Crippen molar-refractivity contribution < 1.29 is 0 Å². The van der Waals surface area contributed by atoms with Gasteiger partial charge in [-0.25, -0.2) is 0 Å². The van der Waals surface area contributed by atoms with E-state index in [0.29, 0.717) is 0 Å². The number of thioether (sulfide) groups is 1. The molecular weight excluding hydrogens is 192 g/mol. The predicted molar refractivity (Wildman–Crippen MR) is 60.2 cm³/mol. The fourth-order valence-corrected chi connectivity index (χ4v) is 7.37. The first-order chi connectivity index (χ1) is 5.36. The molecule has 0 bridgehead atoms. The standard InChI is InChI=1S/C8H16S3/c1-3-5-7-9-8(6-4-2)11-10-7/h7-8H,3-6H2,1-2H3/t7-,8-/m0/s1. The molecule has 3 heteroatoms. The molecule has 1 aliphatic heterocycles. The molecule has 2 atom stereocenters. The summed E-state index contributed by atoms with van der Waals surface area (Å²) in [5.74, 6) is 0. The number of rotatable bonds is 4. The molecule has 11 heavy (non-hydrogen) atoms. The van der Waals surface area contributed by atoms with Crippen molar-refractivity contribution in [3.8, 4) is 0 Å². The van der Waals surface area contributed by atoms with Crippen LogP contribution in [0.2, 0.25) is 0 Å². The summed E-state index contributed by atoms with van der Waals surface area (Å²) in [6, 6.07) is 0. The van der Waals surface area contributed by atoms with Gasteiger partial charge in [0.1, 0.15) is 0 Å². The maximum atomic E-state index is 2.28. The SMILES string of the molecule is CCC[C@@H]1SS[C@@H](CCC)S1. The summed E-state index contributed by atoms with van der Waals surface area (Å²) >= 11 is 2.19. The van der Waals surface area contributed by atoms with Gasteiger partial charge in [-0.15, -0.1) is 11.8 Å². The van der Waals surface area contributed by atoms with Crippen molar-refractivity contribution in [2.45, 2.75) is 48.7 Å². The minimum atomic E-state index is 0.890. The first kappa shape index (κ1) is 10.1. The highest BCUT2D eigenvalue weighted by molar-refractivity contribution is 8.82. The molecule has 1 aliphatic rings. The third kappa shape index (κ3) is 3.51. The van der Waals surface area contributed by atoms with E-state index in [1.807, 2.05) is 0 Å². The maximum Gasteiger partial charge on any atom is 0.0617 e. The Bertz CT molecular complexity index is 93.5. The summed E-state index contributed by atoms with van der Waals surface area (Å²) in [4.78, 5) is 0. The minimum Gasteiger partial charge on any atom is -0.131 e. The van der Waals surface area contributed by atoms with Gasteiger partial charge in [0.15, 0.2) is 0 Å². The Balaban J connectivity index is 2.12. The summed E-state index contributed by atoms with van der Waals surface area (Å²) in [5, 5.41) is 0. The molecule has 1 rings (SSSR count). The Labute approximate surface area is 82.1 Å². The first-order valence-corrected chi connectivity index (χ1v) is 7.56. The fourth-order valence-electron chi connectivity index (χ4n) is 1.04. The average Bonchev–Trinajstić information content (AvgIpc) is 2.38. The molecule has 0 unspecified atom stereocenters. The summed E-state index contributed by atoms with van der Waals surface area (Å²) in [6.07, 6.45) is 5.46. The van der Waals surface area contributed by atoms with Gasteiger partial charge in [-0.05, 0) is 12.8 Å². The van der Waals surface area contributed by atoms with Crippen molar-refractivity contribution in [2.75, 3.05) is 0 Å². The zero-order valence-electron chi connectivity index (χ0n) is 7.21. The monoisotopic (exact) mass is 208 g/mol. The van der Waals surface area contributed by atoms with E-state index in [1.165, 1.54) is 25.7 Å².